The lowest BCUT2D eigenvalue weighted by Crippen LogP contribution is -2.01. The van der Waals surface area contributed by atoms with Gasteiger partial charge >= 0.3 is 8.25 Å². The fourth-order valence-electron chi connectivity index (χ4n) is 3.33. The lowest BCUT2D eigenvalue weighted by Gasteiger charge is -2.16. The van der Waals surface area contributed by atoms with Gasteiger partial charge in [0.25, 0.3) is 0 Å². The van der Waals surface area contributed by atoms with Crippen LogP contribution in [0.25, 0.3) is 5.70 Å². The van der Waals surface area contributed by atoms with Crippen LogP contribution in [0, 0.1) is 0 Å². The molecule has 0 amide bonds. The van der Waals surface area contributed by atoms with Crippen LogP contribution in [0.15, 0.2) is 36.9 Å². The number of aryl methyl sites for hydroxylation is 2. The quantitative estimate of drug-likeness (QED) is 0.614. The van der Waals surface area contributed by atoms with E-state index in [9.17, 15) is 9.67 Å². The number of phenolic OH excluding ortho intramolecular Hbond substituents is 1. The van der Waals surface area contributed by atoms with Crippen molar-refractivity contribution in [2.24, 2.45) is 0 Å². The molecule has 2 aromatic carbocycles. The molecule has 1 unspecified atom stereocenters. The van der Waals surface area contributed by atoms with Crippen molar-refractivity contribution in [2.75, 3.05) is 5.32 Å². The summed E-state index contributed by atoms with van der Waals surface area (Å²) in [5.74, 6) is 0.196. The average molecular weight is 372 g/mol. The molecule has 5 nitrogen and oxygen atoms in total. The summed E-state index contributed by atoms with van der Waals surface area (Å²) < 4.78 is 16.0. The number of phenols is 1. The second-order valence-corrected chi connectivity index (χ2v) is 7.49. The minimum absolute atomic E-state index is 0.0482. The smallest absolute Gasteiger partial charge is 0.507 e. The number of hydrogen-bond acceptors (Lipinski definition) is 4. The molecule has 6 heteroatoms. The molecule has 3 N–H and O–H groups in total. The van der Waals surface area contributed by atoms with E-state index in [1.165, 1.54) is 23.6 Å². The van der Waals surface area contributed by atoms with Crippen LogP contribution in [0.3, 0.4) is 0 Å². The van der Waals surface area contributed by atoms with Gasteiger partial charge in [-0.3, -0.25) is 0 Å². The van der Waals surface area contributed by atoms with Gasteiger partial charge in [-0.15, -0.1) is 4.89 Å². The van der Waals surface area contributed by atoms with Gasteiger partial charge in [-0.1, -0.05) is 26.5 Å². The highest BCUT2D eigenvalue weighted by atomic mass is 31.1. The molecular weight excluding hydrogens is 349 g/mol. The molecule has 0 fully saturated rings. The molecule has 136 valence electrons. The Morgan fingerprint density at radius 3 is 2.65 bits per heavy atom. The second kappa shape index (κ2) is 7.48. The zero-order valence-electron chi connectivity index (χ0n) is 15.0. The van der Waals surface area contributed by atoms with E-state index in [0.717, 1.165) is 24.1 Å². The fraction of sp³-hybridized carbons (Fsp3) is 0.300. The first-order valence-corrected chi connectivity index (χ1v) is 9.77. The van der Waals surface area contributed by atoms with Crippen LogP contribution in [0.4, 0.5) is 5.69 Å². The highest BCUT2D eigenvalue weighted by Gasteiger charge is 2.22. The Hall–Kier alpha value is -2.36. The van der Waals surface area contributed by atoms with Crippen LogP contribution in [0.1, 0.15) is 48.4 Å². The van der Waals surface area contributed by atoms with E-state index in [0.29, 0.717) is 11.3 Å². The Morgan fingerprint density at radius 1 is 1.23 bits per heavy atom. The Labute approximate surface area is 154 Å². The van der Waals surface area contributed by atoms with E-state index < -0.39 is 8.25 Å². The molecule has 0 saturated heterocycles. The van der Waals surface area contributed by atoms with Gasteiger partial charge < -0.3 is 10.4 Å². The number of fused-ring (bicyclic) bond motifs is 1. The standard InChI is InChI=1S/C20H22NO4P/c1-12(2)17-10-18(19(22)11-20(17)25-26(23)24)13(3)21-16-8-7-14-5-4-6-15(14)9-16/h7-12,21H,3-6H2,1-2H3,(H-,22,23,24)/p+1. The number of benzene rings is 2. The summed E-state index contributed by atoms with van der Waals surface area (Å²) >= 11 is 0. The predicted molar refractivity (Wildman–Crippen MR) is 104 cm³/mol. The molecular formula is C20H23NO4P+. The van der Waals surface area contributed by atoms with Gasteiger partial charge in [0.1, 0.15) is 5.75 Å². The Balaban J connectivity index is 1.89. The second-order valence-electron chi connectivity index (χ2n) is 6.83. The molecule has 0 bridgehead atoms. The van der Waals surface area contributed by atoms with E-state index in [1.807, 2.05) is 19.9 Å². The molecule has 0 aromatic heterocycles. The third-order valence-corrected chi connectivity index (χ3v) is 5.00. The highest BCUT2D eigenvalue weighted by molar-refractivity contribution is 7.32. The van der Waals surface area contributed by atoms with Gasteiger partial charge in [0.2, 0.25) is 0 Å². The molecule has 2 aromatic rings. The van der Waals surface area contributed by atoms with Crippen molar-refractivity contribution in [1.82, 2.24) is 0 Å². The summed E-state index contributed by atoms with van der Waals surface area (Å²) in [6.45, 7) is 7.94. The van der Waals surface area contributed by atoms with Crippen molar-refractivity contribution in [3.05, 3.63) is 59.2 Å². The minimum atomic E-state index is -2.80. The van der Waals surface area contributed by atoms with Crippen LogP contribution in [-0.2, 0) is 17.4 Å². The van der Waals surface area contributed by atoms with Crippen molar-refractivity contribution in [3.63, 3.8) is 0 Å². The van der Waals surface area contributed by atoms with Crippen molar-refractivity contribution in [1.29, 1.82) is 0 Å². The summed E-state index contributed by atoms with van der Waals surface area (Å²) in [6, 6.07) is 9.39. The molecule has 1 aliphatic rings. The van der Waals surface area contributed by atoms with Crippen LogP contribution >= 0.6 is 8.25 Å². The Bertz CT molecular complexity index is 876. The van der Waals surface area contributed by atoms with Crippen LogP contribution in [0.2, 0.25) is 0 Å². The van der Waals surface area contributed by atoms with Gasteiger partial charge in [0.05, 0.1) is 0 Å². The Morgan fingerprint density at radius 2 is 1.96 bits per heavy atom. The maximum absolute atomic E-state index is 11.0. The summed E-state index contributed by atoms with van der Waals surface area (Å²) in [5.41, 5.74) is 5.50. The number of hydrogen-bond donors (Lipinski definition) is 3. The fourth-order valence-corrected chi connectivity index (χ4v) is 3.66. The van der Waals surface area contributed by atoms with E-state index in [1.54, 1.807) is 6.07 Å². The lowest BCUT2D eigenvalue weighted by atomic mass is 9.97. The average Bonchev–Trinajstić information content (AvgIpc) is 3.01. The molecule has 0 aliphatic heterocycles. The molecule has 1 atom stereocenters. The van der Waals surface area contributed by atoms with Gasteiger partial charge in [0.15, 0.2) is 5.75 Å². The van der Waals surface area contributed by atoms with Crippen molar-refractivity contribution >= 4 is 19.6 Å². The summed E-state index contributed by atoms with van der Waals surface area (Å²) in [6.07, 6.45) is 3.40. The molecule has 0 saturated carbocycles. The van der Waals surface area contributed by atoms with Gasteiger partial charge in [-0.25, -0.2) is 4.52 Å². The molecule has 26 heavy (non-hydrogen) atoms. The van der Waals surface area contributed by atoms with E-state index in [2.05, 4.69) is 24.0 Å². The maximum atomic E-state index is 11.0. The topological polar surface area (TPSA) is 78.8 Å². The maximum Gasteiger partial charge on any atom is 0.747 e. The summed E-state index contributed by atoms with van der Waals surface area (Å²) in [7, 11) is -2.80. The third kappa shape index (κ3) is 3.90. The molecule has 0 radical (unpaired) electrons. The number of nitrogens with one attached hydrogen (secondary N) is 1. The SMILES string of the molecule is C=C(Nc1ccc2c(c1)CCC2)c1cc(C(C)C)c(O[P+](=O)O)cc1O. The Kier molecular flexibility index (Phi) is 5.30. The van der Waals surface area contributed by atoms with Crippen molar-refractivity contribution in [2.45, 2.75) is 39.0 Å². The first kappa shape index (κ1) is 18.4. The van der Waals surface area contributed by atoms with Crippen LogP contribution in [0.5, 0.6) is 11.5 Å². The number of rotatable bonds is 6. The number of anilines is 1. The lowest BCUT2D eigenvalue weighted by molar-refractivity contribution is 0.405. The molecule has 3 rings (SSSR count). The monoisotopic (exact) mass is 372 g/mol. The summed E-state index contributed by atoms with van der Waals surface area (Å²) in [5, 5.41) is 13.6. The minimum Gasteiger partial charge on any atom is -0.507 e. The van der Waals surface area contributed by atoms with Gasteiger partial charge in [-0.2, -0.15) is 0 Å². The first-order chi connectivity index (χ1) is 12.3. The molecule has 0 spiro atoms. The van der Waals surface area contributed by atoms with E-state index in [4.69, 9.17) is 9.42 Å². The van der Waals surface area contributed by atoms with Crippen LogP contribution < -0.4 is 9.84 Å². The van der Waals surface area contributed by atoms with Crippen molar-refractivity contribution in [3.8, 4) is 11.5 Å². The van der Waals surface area contributed by atoms with E-state index in [-0.39, 0.29) is 17.4 Å². The summed E-state index contributed by atoms with van der Waals surface area (Å²) in [4.78, 5) is 9.03. The van der Waals surface area contributed by atoms with Crippen molar-refractivity contribution < 1.29 is 19.1 Å². The third-order valence-electron chi connectivity index (χ3n) is 4.65. The van der Waals surface area contributed by atoms with Gasteiger partial charge in [0, 0.05) is 33.1 Å². The number of aromatic hydroxyl groups is 1. The highest BCUT2D eigenvalue weighted by Crippen LogP contribution is 2.39. The predicted octanol–water partition coefficient (Wildman–Crippen LogP) is 5.12. The first-order valence-electron chi connectivity index (χ1n) is 8.64. The molecule has 0 heterocycles. The molecule has 1 aliphatic carbocycles. The zero-order chi connectivity index (χ0) is 18.8. The normalized spacial score (nSPS) is 13.5. The van der Waals surface area contributed by atoms with Crippen LogP contribution in [-0.4, -0.2) is 10.00 Å². The van der Waals surface area contributed by atoms with Gasteiger partial charge in [-0.05, 0) is 54.5 Å². The zero-order valence-corrected chi connectivity index (χ0v) is 15.8. The largest absolute Gasteiger partial charge is 0.747 e. The van der Waals surface area contributed by atoms with E-state index >= 15 is 0 Å².